The van der Waals surface area contributed by atoms with Gasteiger partial charge in [-0.3, -0.25) is 4.79 Å². The third-order valence-corrected chi connectivity index (χ3v) is 5.20. The molecule has 3 rings (SSSR count). The van der Waals surface area contributed by atoms with E-state index >= 15 is 0 Å². The van der Waals surface area contributed by atoms with Gasteiger partial charge in [0.05, 0.1) is 5.92 Å². The van der Waals surface area contributed by atoms with Crippen LogP contribution in [0.3, 0.4) is 0 Å². The maximum atomic E-state index is 12.5. The summed E-state index contributed by atoms with van der Waals surface area (Å²) in [5.41, 5.74) is 6.06. The average Bonchev–Trinajstić information content (AvgIpc) is 3.10. The van der Waals surface area contributed by atoms with Gasteiger partial charge < -0.3 is 15.5 Å². The molecule has 1 amide bonds. The summed E-state index contributed by atoms with van der Waals surface area (Å²) in [5.74, 6) is 1.15. The lowest BCUT2D eigenvalue weighted by molar-refractivity contribution is -0.134. The van der Waals surface area contributed by atoms with Crippen molar-refractivity contribution in [2.75, 3.05) is 32.7 Å². The van der Waals surface area contributed by atoms with Gasteiger partial charge in [-0.2, -0.15) is 0 Å². The maximum absolute atomic E-state index is 12.5. The van der Waals surface area contributed by atoms with E-state index < -0.39 is 0 Å². The number of amides is 1. The van der Waals surface area contributed by atoms with Gasteiger partial charge in [-0.25, -0.2) is 0 Å². The normalized spacial score (nSPS) is 36.3. The third-order valence-electron chi connectivity index (χ3n) is 5.20. The third kappa shape index (κ3) is 2.95. The molecule has 3 atom stereocenters. The molecular formula is C15H27N3O. The summed E-state index contributed by atoms with van der Waals surface area (Å²) in [5, 5.41) is 0. The van der Waals surface area contributed by atoms with Gasteiger partial charge in [-0.1, -0.05) is 6.42 Å². The standard InChI is InChI=1S/C15H27N3O/c16-14-5-3-4-13(14)15(19)18-9-6-12(11-18)10-17-7-1-2-8-17/h12-14H,1-11,16H2/t12-,13+,14+/m0/s1. The summed E-state index contributed by atoms with van der Waals surface area (Å²) in [7, 11) is 0. The van der Waals surface area contributed by atoms with Crippen LogP contribution in [-0.2, 0) is 4.79 Å². The van der Waals surface area contributed by atoms with Crippen LogP contribution in [0.15, 0.2) is 0 Å². The van der Waals surface area contributed by atoms with Crippen molar-refractivity contribution in [1.82, 2.24) is 9.80 Å². The lowest BCUT2D eigenvalue weighted by Crippen LogP contribution is -2.41. The van der Waals surface area contributed by atoms with Gasteiger partial charge in [0, 0.05) is 25.7 Å². The molecule has 4 nitrogen and oxygen atoms in total. The number of rotatable bonds is 3. The van der Waals surface area contributed by atoms with Crippen LogP contribution >= 0.6 is 0 Å². The van der Waals surface area contributed by atoms with E-state index in [9.17, 15) is 4.79 Å². The SMILES string of the molecule is N[C@@H]1CCC[C@H]1C(=O)N1CC[C@@H](CN2CCCC2)C1. The number of likely N-dealkylation sites (tertiary alicyclic amines) is 2. The lowest BCUT2D eigenvalue weighted by Gasteiger charge is -2.24. The van der Waals surface area contributed by atoms with Crippen LogP contribution in [0.4, 0.5) is 0 Å². The highest BCUT2D eigenvalue weighted by molar-refractivity contribution is 5.80. The van der Waals surface area contributed by atoms with E-state index in [4.69, 9.17) is 5.73 Å². The van der Waals surface area contributed by atoms with Gasteiger partial charge >= 0.3 is 0 Å². The second-order valence-electron chi connectivity index (χ2n) is 6.65. The van der Waals surface area contributed by atoms with Gasteiger partial charge in [-0.15, -0.1) is 0 Å². The Bertz CT molecular complexity index is 327. The molecule has 0 aromatic carbocycles. The average molecular weight is 265 g/mol. The van der Waals surface area contributed by atoms with E-state index in [2.05, 4.69) is 9.80 Å². The van der Waals surface area contributed by atoms with Gasteiger partial charge in [-0.05, 0) is 51.1 Å². The number of carbonyl (C=O) groups excluding carboxylic acids is 1. The van der Waals surface area contributed by atoms with Crippen molar-refractivity contribution in [2.24, 2.45) is 17.6 Å². The number of nitrogens with two attached hydrogens (primary N) is 1. The Kier molecular flexibility index (Phi) is 4.08. The molecule has 3 aliphatic rings. The highest BCUT2D eigenvalue weighted by Gasteiger charge is 2.36. The van der Waals surface area contributed by atoms with Crippen LogP contribution in [0.25, 0.3) is 0 Å². The molecule has 2 heterocycles. The van der Waals surface area contributed by atoms with Crippen molar-refractivity contribution >= 4 is 5.91 Å². The van der Waals surface area contributed by atoms with E-state index in [1.165, 1.54) is 38.9 Å². The molecule has 0 aromatic heterocycles. The first-order chi connectivity index (χ1) is 9.24. The second kappa shape index (κ2) is 5.80. The molecular weight excluding hydrogens is 238 g/mol. The number of hydrogen-bond acceptors (Lipinski definition) is 3. The predicted octanol–water partition coefficient (Wildman–Crippen LogP) is 1.06. The fourth-order valence-electron chi connectivity index (χ4n) is 4.04. The van der Waals surface area contributed by atoms with Gasteiger partial charge in [0.2, 0.25) is 5.91 Å². The zero-order valence-corrected chi connectivity index (χ0v) is 11.9. The van der Waals surface area contributed by atoms with Crippen LogP contribution in [-0.4, -0.2) is 54.5 Å². The zero-order chi connectivity index (χ0) is 13.2. The molecule has 19 heavy (non-hydrogen) atoms. The summed E-state index contributed by atoms with van der Waals surface area (Å²) in [6.07, 6.45) is 7.06. The Morgan fingerprint density at radius 2 is 1.84 bits per heavy atom. The highest BCUT2D eigenvalue weighted by atomic mass is 16.2. The summed E-state index contributed by atoms with van der Waals surface area (Å²) in [6.45, 7) is 5.65. The van der Waals surface area contributed by atoms with Crippen LogP contribution in [0.1, 0.15) is 38.5 Å². The maximum Gasteiger partial charge on any atom is 0.227 e. The Hall–Kier alpha value is -0.610. The lowest BCUT2D eigenvalue weighted by atomic mass is 10.0. The molecule has 0 aromatic rings. The van der Waals surface area contributed by atoms with E-state index in [-0.39, 0.29) is 12.0 Å². The quantitative estimate of drug-likeness (QED) is 0.830. The second-order valence-corrected chi connectivity index (χ2v) is 6.65. The summed E-state index contributed by atoms with van der Waals surface area (Å²) >= 11 is 0. The molecule has 1 aliphatic carbocycles. The fourth-order valence-corrected chi connectivity index (χ4v) is 4.04. The Balaban J connectivity index is 1.49. The number of carbonyl (C=O) groups is 1. The fraction of sp³-hybridized carbons (Fsp3) is 0.933. The number of hydrogen-bond donors (Lipinski definition) is 1. The van der Waals surface area contributed by atoms with Crippen molar-refractivity contribution in [3.63, 3.8) is 0 Å². The molecule has 0 spiro atoms. The van der Waals surface area contributed by atoms with Crippen LogP contribution < -0.4 is 5.73 Å². The van der Waals surface area contributed by atoms with Crippen LogP contribution in [0.2, 0.25) is 0 Å². The molecule has 1 saturated carbocycles. The van der Waals surface area contributed by atoms with E-state index in [1.807, 2.05) is 0 Å². The highest BCUT2D eigenvalue weighted by Crippen LogP contribution is 2.28. The van der Waals surface area contributed by atoms with Gasteiger partial charge in [0.15, 0.2) is 0 Å². The van der Waals surface area contributed by atoms with Crippen molar-refractivity contribution < 1.29 is 4.79 Å². The Labute approximate surface area is 116 Å². The molecule has 0 radical (unpaired) electrons. The van der Waals surface area contributed by atoms with Gasteiger partial charge in [0.25, 0.3) is 0 Å². The molecule has 2 N–H and O–H groups in total. The Morgan fingerprint density at radius 1 is 1.05 bits per heavy atom. The minimum atomic E-state index is 0.116. The van der Waals surface area contributed by atoms with E-state index in [1.54, 1.807) is 0 Å². The predicted molar refractivity (Wildman–Crippen MR) is 75.7 cm³/mol. The summed E-state index contributed by atoms with van der Waals surface area (Å²) in [6, 6.07) is 0.116. The summed E-state index contributed by atoms with van der Waals surface area (Å²) in [4.78, 5) is 17.1. The minimum Gasteiger partial charge on any atom is -0.342 e. The first-order valence-corrected chi connectivity index (χ1v) is 8.01. The number of nitrogens with zero attached hydrogens (tertiary/aromatic N) is 2. The van der Waals surface area contributed by atoms with E-state index in [0.29, 0.717) is 11.8 Å². The van der Waals surface area contributed by atoms with E-state index in [0.717, 1.165) is 32.4 Å². The molecule has 0 unspecified atom stereocenters. The largest absolute Gasteiger partial charge is 0.342 e. The minimum absolute atomic E-state index is 0.116. The van der Waals surface area contributed by atoms with Crippen molar-refractivity contribution in [1.29, 1.82) is 0 Å². The van der Waals surface area contributed by atoms with Crippen molar-refractivity contribution in [3.05, 3.63) is 0 Å². The smallest absolute Gasteiger partial charge is 0.227 e. The first-order valence-electron chi connectivity index (χ1n) is 8.01. The molecule has 2 aliphatic heterocycles. The molecule has 2 saturated heterocycles. The van der Waals surface area contributed by atoms with Crippen LogP contribution in [0, 0.1) is 11.8 Å². The monoisotopic (exact) mass is 265 g/mol. The molecule has 108 valence electrons. The van der Waals surface area contributed by atoms with Crippen molar-refractivity contribution in [2.45, 2.75) is 44.6 Å². The summed E-state index contributed by atoms with van der Waals surface area (Å²) < 4.78 is 0. The van der Waals surface area contributed by atoms with Crippen LogP contribution in [0.5, 0.6) is 0 Å². The Morgan fingerprint density at radius 3 is 2.53 bits per heavy atom. The molecule has 3 fully saturated rings. The molecule has 4 heteroatoms. The topological polar surface area (TPSA) is 49.6 Å². The first kappa shape index (κ1) is 13.4. The molecule has 0 bridgehead atoms. The van der Waals surface area contributed by atoms with Gasteiger partial charge in [0.1, 0.15) is 0 Å². The van der Waals surface area contributed by atoms with Crippen molar-refractivity contribution in [3.8, 4) is 0 Å². The zero-order valence-electron chi connectivity index (χ0n) is 11.9.